The second-order valence-electron chi connectivity index (χ2n) is 4.76. The zero-order valence-corrected chi connectivity index (χ0v) is 13.8. The fraction of sp³-hybridized carbons (Fsp3) is 0.250. The summed E-state index contributed by atoms with van der Waals surface area (Å²) in [6, 6.07) is 8.09. The van der Waals surface area contributed by atoms with Crippen LogP contribution in [0.3, 0.4) is 0 Å². The Bertz CT molecular complexity index is 680. The monoisotopic (exact) mass is 335 g/mol. The number of hydrogen-bond donors (Lipinski definition) is 2. The standard InChI is InChI=1S/C16H18ClN3O3/c1-10(12-6-4-5-7-18-12)19-16(21)20-13-8-11(17)14(22-2)9-15(13)23-3/h4-10H,1-3H3,(H2,19,20,21)/t10-/m1/s1. The average molecular weight is 336 g/mol. The summed E-state index contributed by atoms with van der Waals surface area (Å²) in [5.41, 5.74) is 1.21. The molecule has 0 saturated carbocycles. The van der Waals surface area contributed by atoms with Crippen molar-refractivity contribution in [3.8, 4) is 11.5 Å². The minimum Gasteiger partial charge on any atom is -0.495 e. The van der Waals surface area contributed by atoms with Crippen LogP contribution in [-0.2, 0) is 0 Å². The van der Waals surface area contributed by atoms with E-state index < -0.39 is 0 Å². The van der Waals surface area contributed by atoms with Gasteiger partial charge in [-0.15, -0.1) is 0 Å². The van der Waals surface area contributed by atoms with Gasteiger partial charge >= 0.3 is 6.03 Å². The predicted octanol–water partition coefficient (Wildman–Crippen LogP) is 3.63. The highest BCUT2D eigenvalue weighted by atomic mass is 35.5. The van der Waals surface area contributed by atoms with Crippen molar-refractivity contribution in [2.24, 2.45) is 0 Å². The molecule has 23 heavy (non-hydrogen) atoms. The molecule has 0 fully saturated rings. The van der Waals surface area contributed by atoms with Gasteiger partial charge in [0.1, 0.15) is 11.5 Å². The molecule has 0 aliphatic carbocycles. The summed E-state index contributed by atoms with van der Waals surface area (Å²) in [5, 5.41) is 5.89. The van der Waals surface area contributed by atoms with E-state index in [1.165, 1.54) is 14.2 Å². The molecule has 1 atom stereocenters. The summed E-state index contributed by atoms with van der Waals surface area (Å²) >= 11 is 6.08. The van der Waals surface area contributed by atoms with E-state index in [1.807, 2.05) is 25.1 Å². The van der Waals surface area contributed by atoms with E-state index in [0.717, 1.165) is 5.69 Å². The number of pyridine rings is 1. The van der Waals surface area contributed by atoms with E-state index in [1.54, 1.807) is 18.3 Å². The molecule has 0 radical (unpaired) electrons. The summed E-state index contributed by atoms with van der Waals surface area (Å²) in [6.07, 6.45) is 1.68. The fourth-order valence-corrected chi connectivity index (χ4v) is 2.26. The maximum atomic E-state index is 12.2. The molecule has 0 saturated heterocycles. The van der Waals surface area contributed by atoms with Crippen molar-refractivity contribution in [1.29, 1.82) is 0 Å². The molecule has 2 aromatic rings. The van der Waals surface area contributed by atoms with Crippen LogP contribution in [-0.4, -0.2) is 25.2 Å². The fourth-order valence-electron chi connectivity index (χ4n) is 2.02. The smallest absolute Gasteiger partial charge is 0.319 e. The van der Waals surface area contributed by atoms with Gasteiger partial charge in [0.15, 0.2) is 0 Å². The zero-order valence-electron chi connectivity index (χ0n) is 13.1. The van der Waals surface area contributed by atoms with E-state index >= 15 is 0 Å². The number of rotatable bonds is 5. The Hall–Kier alpha value is -2.47. The van der Waals surface area contributed by atoms with E-state index in [2.05, 4.69) is 15.6 Å². The molecule has 6 nitrogen and oxygen atoms in total. The van der Waals surface area contributed by atoms with E-state index in [-0.39, 0.29) is 12.1 Å². The normalized spacial score (nSPS) is 11.5. The number of carbonyl (C=O) groups excluding carboxylic acids is 1. The van der Waals surface area contributed by atoms with Crippen LogP contribution >= 0.6 is 11.6 Å². The molecule has 2 N–H and O–H groups in total. The Kier molecular flexibility index (Phi) is 5.65. The van der Waals surface area contributed by atoms with Crippen molar-refractivity contribution >= 4 is 23.3 Å². The second-order valence-corrected chi connectivity index (χ2v) is 5.17. The second kappa shape index (κ2) is 7.69. The van der Waals surface area contributed by atoms with Crippen LogP contribution in [0.2, 0.25) is 5.02 Å². The number of ether oxygens (including phenoxy) is 2. The molecule has 1 heterocycles. The van der Waals surface area contributed by atoms with Gasteiger partial charge in [-0.25, -0.2) is 4.79 Å². The van der Waals surface area contributed by atoms with Crippen LogP contribution in [0.25, 0.3) is 0 Å². The van der Waals surface area contributed by atoms with Gasteiger partial charge in [0.05, 0.1) is 36.7 Å². The van der Waals surface area contributed by atoms with E-state index in [0.29, 0.717) is 22.2 Å². The highest BCUT2D eigenvalue weighted by Gasteiger charge is 2.14. The zero-order chi connectivity index (χ0) is 16.8. The Morgan fingerprint density at radius 3 is 2.57 bits per heavy atom. The number of hydrogen-bond acceptors (Lipinski definition) is 4. The number of nitrogens with zero attached hydrogens (tertiary/aromatic N) is 1. The van der Waals surface area contributed by atoms with Crippen molar-refractivity contribution in [1.82, 2.24) is 10.3 Å². The number of benzene rings is 1. The molecule has 0 spiro atoms. The molecule has 0 unspecified atom stereocenters. The van der Waals surface area contributed by atoms with Crippen LogP contribution in [0, 0.1) is 0 Å². The Morgan fingerprint density at radius 2 is 1.96 bits per heavy atom. The molecule has 122 valence electrons. The van der Waals surface area contributed by atoms with Gasteiger partial charge in [-0.05, 0) is 25.1 Å². The van der Waals surface area contributed by atoms with Crippen LogP contribution in [0.1, 0.15) is 18.7 Å². The Morgan fingerprint density at radius 1 is 1.22 bits per heavy atom. The number of halogens is 1. The third kappa shape index (κ3) is 4.26. The number of methoxy groups -OCH3 is 2. The van der Waals surface area contributed by atoms with Crippen LogP contribution in [0.4, 0.5) is 10.5 Å². The lowest BCUT2D eigenvalue weighted by Gasteiger charge is -2.16. The summed E-state index contributed by atoms with van der Waals surface area (Å²) in [4.78, 5) is 16.4. The SMILES string of the molecule is COc1cc(OC)c(NC(=O)N[C@H](C)c2ccccn2)cc1Cl. The maximum absolute atomic E-state index is 12.2. The predicted molar refractivity (Wildman–Crippen MR) is 89.4 cm³/mol. The van der Waals surface area contributed by atoms with Crippen molar-refractivity contribution < 1.29 is 14.3 Å². The van der Waals surface area contributed by atoms with Crippen molar-refractivity contribution in [3.05, 3.63) is 47.2 Å². The molecule has 1 aromatic carbocycles. The lowest BCUT2D eigenvalue weighted by atomic mass is 10.2. The van der Waals surface area contributed by atoms with Crippen LogP contribution in [0.15, 0.2) is 36.5 Å². The first-order valence-electron chi connectivity index (χ1n) is 6.95. The molecule has 2 amide bonds. The number of anilines is 1. The van der Waals surface area contributed by atoms with Crippen molar-refractivity contribution in [3.63, 3.8) is 0 Å². The highest BCUT2D eigenvalue weighted by Crippen LogP contribution is 2.35. The van der Waals surface area contributed by atoms with Crippen LogP contribution < -0.4 is 20.1 Å². The Labute approximate surface area is 139 Å². The third-order valence-corrected chi connectivity index (χ3v) is 3.50. The van der Waals surface area contributed by atoms with Crippen molar-refractivity contribution in [2.75, 3.05) is 19.5 Å². The van der Waals surface area contributed by atoms with Gasteiger partial charge in [-0.2, -0.15) is 0 Å². The summed E-state index contributed by atoms with van der Waals surface area (Å²) in [7, 11) is 3.01. The highest BCUT2D eigenvalue weighted by molar-refractivity contribution is 6.32. The van der Waals surface area contributed by atoms with E-state index in [9.17, 15) is 4.79 Å². The molecule has 1 aromatic heterocycles. The number of nitrogens with one attached hydrogen (secondary N) is 2. The molecular weight excluding hydrogens is 318 g/mol. The first kappa shape index (κ1) is 16.9. The molecule has 0 aliphatic rings. The quantitative estimate of drug-likeness (QED) is 0.875. The minimum absolute atomic E-state index is 0.240. The van der Waals surface area contributed by atoms with Crippen LogP contribution in [0.5, 0.6) is 11.5 Å². The van der Waals surface area contributed by atoms with Gasteiger partial charge in [0.25, 0.3) is 0 Å². The first-order valence-corrected chi connectivity index (χ1v) is 7.33. The molecule has 0 bridgehead atoms. The third-order valence-electron chi connectivity index (χ3n) is 3.20. The van der Waals surface area contributed by atoms with Gasteiger partial charge in [-0.3, -0.25) is 4.98 Å². The maximum Gasteiger partial charge on any atom is 0.319 e. The number of urea groups is 1. The topological polar surface area (TPSA) is 72.5 Å². The van der Waals surface area contributed by atoms with Gasteiger partial charge in [0, 0.05) is 12.3 Å². The number of carbonyl (C=O) groups is 1. The molecule has 2 rings (SSSR count). The molecule has 7 heteroatoms. The summed E-state index contributed by atoms with van der Waals surface area (Å²) in [6.45, 7) is 1.85. The lowest BCUT2D eigenvalue weighted by molar-refractivity contribution is 0.249. The first-order chi connectivity index (χ1) is 11.0. The Balaban J connectivity index is 2.09. The largest absolute Gasteiger partial charge is 0.495 e. The number of amides is 2. The summed E-state index contributed by atoms with van der Waals surface area (Å²) < 4.78 is 10.4. The van der Waals surface area contributed by atoms with Crippen molar-refractivity contribution in [2.45, 2.75) is 13.0 Å². The minimum atomic E-state index is -0.386. The van der Waals surface area contributed by atoms with Gasteiger partial charge in [-0.1, -0.05) is 17.7 Å². The number of aromatic nitrogens is 1. The van der Waals surface area contributed by atoms with E-state index in [4.69, 9.17) is 21.1 Å². The van der Waals surface area contributed by atoms with Gasteiger partial charge in [0.2, 0.25) is 0 Å². The summed E-state index contributed by atoms with van der Waals surface area (Å²) in [5.74, 6) is 0.920. The molecule has 0 aliphatic heterocycles. The average Bonchev–Trinajstić information content (AvgIpc) is 2.55. The lowest BCUT2D eigenvalue weighted by Crippen LogP contribution is -2.31. The van der Waals surface area contributed by atoms with Gasteiger partial charge < -0.3 is 20.1 Å². The molecular formula is C16H18ClN3O3.